The van der Waals surface area contributed by atoms with Gasteiger partial charge in [0.1, 0.15) is 0 Å². The minimum Gasteiger partial charge on any atom is -0.261 e. The third kappa shape index (κ3) is 1.88. The van der Waals surface area contributed by atoms with Crippen LogP contribution in [0.5, 0.6) is 0 Å². The number of hydrogen-bond donors (Lipinski definition) is 0. The van der Waals surface area contributed by atoms with E-state index in [0.717, 1.165) is 5.69 Å². The largest absolute Gasteiger partial charge is 0.261 e. The van der Waals surface area contributed by atoms with Crippen LogP contribution >= 0.6 is 0 Å². The van der Waals surface area contributed by atoms with Crippen molar-refractivity contribution < 1.29 is 0 Å². The second kappa shape index (κ2) is 4.26. The van der Waals surface area contributed by atoms with Crippen LogP contribution in [0.15, 0.2) is 54.7 Å². The zero-order valence-electron chi connectivity index (χ0n) is 10.6. The lowest BCUT2D eigenvalue weighted by Gasteiger charge is -2.07. The highest BCUT2D eigenvalue weighted by atomic mass is 14.6. The van der Waals surface area contributed by atoms with E-state index in [9.17, 15) is 0 Å². The summed E-state index contributed by atoms with van der Waals surface area (Å²) in [5.74, 6) is 0. The molecule has 0 aliphatic rings. The molecule has 0 saturated carbocycles. The van der Waals surface area contributed by atoms with Gasteiger partial charge in [-0.2, -0.15) is 0 Å². The van der Waals surface area contributed by atoms with Crippen LogP contribution in [0.1, 0.15) is 11.3 Å². The highest BCUT2D eigenvalue weighted by Gasteiger charge is 2.02. The summed E-state index contributed by atoms with van der Waals surface area (Å²) in [6, 6.07) is 17.2. The van der Waals surface area contributed by atoms with Crippen LogP contribution in [0.25, 0.3) is 21.9 Å². The Labute approximate surface area is 107 Å². The summed E-state index contributed by atoms with van der Waals surface area (Å²) in [6.45, 7) is 4.17. The van der Waals surface area contributed by atoms with Crippen LogP contribution in [0.3, 0.4) is 0 Å². The molecule has 0 N–H and O–H groups in total. The third-order valence-electron chi connectivity index (χ3n) is 3.31. The molecule has 0 atom stereocenters. The molecule has 0 unspecified atom stereocenters. The van der Waals surface area contributed by atoms with Gasteiger partial charge in [0.2, 0.25) is 0 Å². The van der Waals surface area contributed by atoms with Gasteiger partial charge in [0.25, 0.3) is 0 Å². The molecule has 1 heteroatoms. The van der Waals surface area contributed by atoms with E-state index in [1.165, 1.54) is 27.5 Å². The van der Waals surface area contributed by atoms with Gasteiger partial charge in [-0.05, 0) is 48.1 Å². The zero-order chi connectivity index (χ0) is 12.5. The highest BCUT2D eigenvalue weighted by molar-refractivity contribution is 5.87. The van der Waals surface area contributed by atoms with E-state index in [4.69, 9.17) is 0 Å². The van der Waals surface area contributed by atoms with E-state index in [1.807, 2.05) is 13.1 Å². The Morgan fingerprint density at radius 2 is 1.67 bits per heavy atom. The molecule has 3 rings (SSSR count). The molecule has 0 aliphatic carbocycles. The van der Waals surface area contributed by atoms with Crippen molar-refractivity contribution in [3.63, 3.8) is 0 Å². The molecule has 18 heavy (non-hydrogen) atoms. The second-order valence-corrected chi connectivity index (χ2v) is 4.70. The Hall–Kier alpha value is -2.15. The van der Waals surface area contributed by atoms with Crippen molar-refractivity contribution in [3.05, 3.63) is 66.0 Å². The van der Waals surface area contributed by atoms with E-state index < -0.39 is 0 Å². The van der Waals surface area contributed by atoms with Crippen molar-refractivity contribution in [3.8, 4) is 11.1 Å². The van der Waals surface area contributed by atoms with E-state index >= 15 is 0 Å². The van der Waals surface area contributed by atoms with Crippen LogP contribution in [0.4, 0.5) is 0 Å². The van der Waals surface area contributed by atoms with Crippen molar-refractivity contribution in [1.29, 1.82) is 0 Å². The highest BCUT2D eigenvalue weighted by Crippen LogP contribution is 2.26. The first kappa shape index (κ1) is 11.0. The molecular formula is C17H15N. The second-order valence-electron chi connectivity index (χ2n) is 4.70. The van der Waals surface area contributed by atoms with Gasteiger partial charge in [-0.25, -0.2) is 0 Å². The van der Waals surface area contributed by atoms with Gasteiger partial charge >= 0.3 is 0 Å². The molecule has 0 saturated heterocycles. The van der Waals surface area contributed by atoms with E-state index in [2.05, 4.69) is 60.4 Å². The third-order valence-corrected chi connectivity index (χ3v) is 3.31. The molecule has 0 bridgehead atoms. The molecule has 1 heterocycles. The Kier molecular flexibility index (Phi) is 2.60. The number of benzene rings is 2. The predicted molar refractivity (Wildman–Crippen MR) is 76.7 cm³/mol. The predicted octanol–water partition coefficient (Wildman–Crippen LogP) is 4.52. The average molecular weight is 233 g/mol. The monoisotopic (exact) mass is 233 g/mol. The molecule has 0 amide bonds. The standard InChI is InChI=1S/C17H15N/c1-12-5-3-4-6-17(12)15-8-7-14-9-13(2)18-11-16(14)10-15/h3-11H,1-2H3. The first-order valence-corrected chi connectivity index (χ1v) is 6.16. The SMILES string of the molecule is Cc1cc2ccc(-c3ccccc3C)cc2cn1. The maximum atomic E-state index is 4.36. The first-order valence-electron chi connectivity index (χ1n) is 6.16. The Balaban J connectivity index is 2.20. The summed E-state index contributed by atoms with van der Waals surface area (Å²) >= 11 is 0. The number of nitrogens with zero attached hydrogens (tertiary/aromatic N) is 1. The van der Waals surface area contributed by atoms with Crippen molar-refractivity contribution in [2.75, 3.05) is 0 Å². The Morgan fingerprint density at radius 1 is 0.833 bits per heavy atom. The maximum absolute atomic E-state index is 4.36. The molecule has 88 valence electrons. The van der Waals surface area contributed by atoms with Crippen molar-refractivity contribution in [1.82, 2.24) is 4.98 Å². The number of fused-ring (bicyclic) bond motifs is 1. The van der Waals surface area contributed by atoms with E-state index in [-0.39, 0.29) is 0 Å². The molecule has 2 aromatic carbocycles. The summed E-state index contributed by atoms with van der Waals surface area (Å²) in [6.07, 6.45) is 1.95. The van der Waals surface area contributed by atoms with Crippen LogP contribution in [0, 0.1) is 13.8 Å². The minimum absolute atomic E-state index is 1.06. The fraction of sp³-hybridized carbons (Fsp3) is 0.118. The number of aryl methyl sites for hydroxylation is 2. The van der Waals surface area contributed by atoms with Gasteiger partial charge in [0.15, 0.2) is 0 Å². The van der Waals surface area contributed by atoms with E-state index in [1.54, 1.807) is 0 Å². The van der Waals surface area contributed by atoms with Gasteiger partial charge in [-0.3, -0.25) is 4.98 Å². The summed E-state index contributed by atoms with van der Waals surface area (Å²) < 4.78 is 0. The van der Waals surface area contributed by atoms with Crippen LogP contribution in [0.2, 0.25) is 0 Å². The van der Waals surface area contributed by atoms with Gasteiger partial charge in [0, 0.05) is 17.3 Å². The quantitative estimate of drug-likeness (QED) is 0.602. The summed E-state index contributed by atoms with van der Waals surface area (Å²) in [5.41, 5.74) is 4.91. The van der Waals surface area contributed by atoms with Crippen molar-refractivity contribution >= 4 is 10.8 Å². The van der Waals surface area contributed by atoms with Gasteiger partial charge in [0.05, 0.1) is 0 Å². The van der Waals surface area contributed by atoms with Crippen molar-refractivity contribution in [2.24, 2.45) is 0 Å². The summed E-state index contributed by atoms with van der Waals surface area (Å²) in [7, 11) is 0. The van der Waals surface area contributed by atoms with Crippen molar-refractivity contribution in [2.45, 2.75) is 13.8 Å². The Morgan fingerprint density at radius 3 is 2.50 bits per heavy atom. The molecule has 0 aliphatic heterocycles. The fourth-order valence-electron chi connectivity index (χ4n) is 2.32. The normalized spacial score (nSPS) is 10.8. The van der Waals surface area contributed by atoms with Gasteiger partial charge in [-0.15, -0.1) is 0 Å². The molecule has 0 fully saturated rings. The molecular weight excluding hydrogens is 218 g/mol. The van der Waals surface area contributed by atoms with Gasteiger partial charge in [-0.1, -0.05) is 36.4 Å². The lowest BCUT2D eigenvalue weighted by Crippen LogP contribution is -1.85. The maximum Gasteiger partial charge on any atom is 0.0379 e. The molecule has 1 nitrogen and oxygen atoms in total. The number of pyridine rings is 1. The van der Waals surface area contributed by atoms with Crippen LogP contribution in [-0.2, 0) is 0 Å². The number of rotatable bonds is 1. The lowest BCUT2D eigenvalue weighted by atomic mass is 9.98. The number of aromatic nitrogens is 1. The van der Waals surface area contributed by atoms with Crippen LogP contribution < -0.4 is 0 Å². The van der Waals surface area contributed by atoms with E-state index in [0.29, 0.717) is 0 Å². The smallest absolute Gasteiger partial charge is 0.0379 e. The lowest BCUT2D eigenvalue weighted by molar-refractivity contribution is 1.22. The molecule has 3 aromatic rings. The van der Waals surface area contributed by atoms with Gasteiger partial charge < -0.3 is 0 Å². The zero-order valence-corrected chi connectivity index (χ0v) is 10.6. The average Bonchev–Trinajstić information content (AvgIpc) is 2.39. The fourth-order valence-corrected chi connectivity index (χ4v) is 2.32. The minimum atomic E-state index is 1.06. The Bertz CT molecular complexity index is 714. The molecule has 1 aromatic heterocycles. The molecule has 0 radical (unpaired) electrons. The molecule has 0 spiro atoms. The topological polar surface area (TPSA) is 12.9 Å². The number of hydrogen-bond acceptors (Lipinski definition) is 1. The van der Waals surface area contributed by atoms with Crippen LogP contribution in [-0.4, -0.2) is 4.98 Å². The first-order chi connectivity index (χ1) is 8.74. The summed E-state index contributed by atoms with van der Waals surface area (Å²) in [5, 5.41) is 2.45. The summed E-state index contributed by atoms with van der Waals surface area (Å²) in [4.78, 5) is 4.36.